The SMILES string of the molecule is CC1SCCN1C(=O)Nc1ccc(SC(F)(F)F)cc1. The second-order valence-electron chi connectivity index (χ2n) is 4.17. The molecule has 3 nitrogen and oxygen atoms in total. The van der Waals surface area contributed by atoms with Gasteiger partial charge in [-0.15, -0.1) is 11.8 Å². The van der Waals surface area contributed by atoms with Gasteiger partial charge in [0.05, 0.1) is 5.37 Å². The number of amides is 2. The van der Waals surface area contributed by atoms with E-state index in [0.717, 1.165) is 5.75 Å². The van der Waals surface area contributed by atoms with E-state index in [0.29, 0.717) is 12.2 Å². The summed E-state index contributed by atoms with van der Waals surface area (Å²) in [5.41, 5.74) is -3.81. The van der Waals surface area contributed by atoms with Crippen molar-refractivity contribution in [2.75, 3.05) is 17.6 Å². The lowest BCUT2D eigenvalue weighted by atomic mass is 10.3. The van der Waals surface area contributed by atoms with Gasteiger partial charge in [-0.2, -0.15) is 13.2 Å². The number of thioether (sulfide) groups is 2. The summed E-state index contributed by atoms with van der Waals surface area (Å²) in [4.78, 5) is 13.8. The lowest BCUT2D eigenvalue weighted by Gasteiger charge is -2.20. The number of alkyl halides is 3. The molecular formula is C12H13F3N2OS2. The fourth-order valence-electron chi connectivity index (χ4n) is 1.80. The maximum absolute atomic E-state index is 12.2. The molecule has 0 radical (unpaired) electrons. The van der Waals surface area contributed by atoms with Gasteiger partial charge in [-0.25, -0.2) is 4.79 Å². The predicted molar refractivity (Wildman–Crippen MR) is 76.0 cm³/mol. The van der Waals surface area contributed by atoms with Gasteiger partial charge in [0.2, 0.25) is 0 Å². The van der Waals surface area contributed by atoms with Crippen molar-refractivity contribution >= 4 is 35.2 Å². The molecular weight excluding hydrogens is 309 g/mol. The molecule has 20 heavy (non-hydrogen) atoms. The average molecular weight is 322 g/mol. The van der Waals surface area contributed by atoms with Crippen LogP contribution in [0.2, 0.25) is 0 Å². The molecule has 1 N–H and O–H groups in total. The van der Waals surface area contributed by atoms with E-state index in [1.807, 2.05) is 6.92 Å². The number of hydrogen-bond acceptors (Lipinski definition) is 3. The molecule has 0 saturated carbocycles. The molecule has 2 rings (SSSR count). The predicted octanol–water partition coefficient (Wildman–Crippen LogP) is 4.23. The molecule has 1 unspecified atom stereocenters. The van der Waals surface area contributed by atoms with Crippen molar-refractivity contribution in [1.29, 1.82) is 0 Å². The molecule has 1 aliphatic rings. The van der Waals surface area contributed by atoms with Crippen molar-refractivity contribution in [3.63, 3.8) is 0 Å². The van der Waals surface area contributed by atoms with Crippen molar-refractivity contribution in [2.24, 2.45) is 0 Å². The molecule has 0 bridgehead atoms. The summed E-state index contributed by atoms with van der Waals surface area (Å²) in [6, 6.07) is 5.41. The van der Waals surface area contributed by atoms with Crippen LogP contribution in [0.5, 0.6) is 0 Å². The van der Waals surface area contributed by atoms with Gasteiger partial charge in [0.1, 0.15) is 0 Å². The fraction of sp³-hybridized carbons (Fsp3) is 0.417. The number of rotatable bonds is 2. The third kappa shape index (κ3) is 4.24. The summed E-state index contributed by atoms with van der Waals surface area (Å²) in [7, 11) is 0. The number of urea groups is 1. The summed E-state index contributed by atoms with van der Waals surface area (Å²) in [6.45, 7) is 2.62. The number of benzene rings is 1. The Morgan fingerprint density at radius 2 is 2.05 bits per heavy atom. The zero-order chi connectivity index (χ0) is 14.8. The van der Waals surface area contributed by atoms with Crippen LogP contribution < -0.4 is 5.32 Å². The fourth-order valence-corrected chi connectivity index (χ4v) is 3.36. The summed E-state index contributed by atoms with van der Waals surface area (Å²) in [6.07, 6.45) is 0. The zero-order valence-corrected chi connectivity index (χ0v) is 12.2. The third-order valence-corrected chi connectivity index (χ3v) is 4.62. The van der Waals surface area contributed by atoms with Crippen LogP contribution in [0.4, 0.5) is 23.7 Å². The van der Waals surface area contributed by atoms with Gasteiger partial charge in [-0.1, -0.05) is 0 Å². The van der Waals surface area contributed by atoms with Crippen molar-refractivity contribution in [1.82, 2.24) is 4.90 Å². The van der Waals surface area contributed by atoms with E-state index < -0.39 is 5.51 Å². The molecule has 1 aliphatic heterocycles. The molecule has 110 valence electrons. The summed E-state index contributed by atoms with van der Waals surface area (Å²) in [5, 5.41) is 2.81. The van der Waals surface area contributed by atoms with Crippen LogP contribution in [0.25, 0.3) is 0 Å². The minimum Gasteiger partial charge on any atom is -0.312 e. The second kappa shape index (κ2) is 6.17. The first-order valence-corrected chi connectivity index (χ1v) is 7.77. The van der Waals surface area contributed by atoms with Gasteiger partial charge in [0.15, 0.2) is 0 Å². The Morgan fingerprint density at radius 3 is 2.55 bits per heavy atom. The third-order valence-electron chi connectivity index (χ3n) is 2.73. The Morgan fingerprint density at radius 1 is 1.40 bits per heavy atom. The van der Waals surface area contributed by atoms with Crippen LogP contribution in [0.15, 0.2) is 29.2 Å². The molecule has 0 aromatic heterocycles. The Kier molecular flexibility index (Phi) is 4.74. The lowest BCUT2D eigenvalue weighted by Crippen LogP contribution is -2.36. The van der Waals surface area contributed by atoms with Gasteiger partial charge in [-0.3, -0.25) is 0 Å². The molecule has 8 heteroatoms. The molecule has 1 saturated heterocycles. The van der Waals surface area contributed by atoms with Gasteiger partial charge in [-0.05, 0) is 43.0 Å². The Balaban J connectivity index is 1.95. The van der Waals surface area contributed by atoms with E-state index >= 15 is 0 Å². The molecule has 1 aromatic carbocycles. The molecule has 2 amide bonds. The van der Waals surface area contributed by atoms with Crippen molar-refractivity contribution in [2.45, 2.75) is 22.7 Å². The van der Waals surface area contributed by atoms with E-state index in [2.05, 4.69) is 5.32 Å². The largest absolute Gasteiger partial charge is 0.446 e. The highest BCUT2D eigenvalue weighted by atomic mass is 32.2. The highest BCUT2D eigenvalue weighted by molar-refractivity contribution is 8.00. The topological polar surface area (TPSA) is 32.3 Å². The smallest absolute Gasteiger partial charge is 0.312 e. The zero-order valence-electron chi connectivity index (χ0n) is 10.6. The first-order valence-electron chi connectivity index (χ1n) is 5.90. The van der Waals surface area contributed by atoms with Crippen LogP contribution in [0.1, 0.15) is 6.92 Å². The molecule has 1 aromatic rings. The number of carbonyl (C=O) groups excluding carboxylic acids is 1. The van der Waals surface area contributed by atoms with Gasteiger partial charge in [0.25, 0.3) is 0 Å². The number of carbonyl (C=O) groups is 1. The number of hydrogen-bond donors (Lipinski definition) is 1. The second-order valence-corrected chi connectivity index (χ2v) is 6.73. The van der Waals surface area contributed by atoms with Crippen molar-refractivity contribution in [3.05, 3.63) is 24.3 Å². The Labute approximate surface area is 123 Å². The first kappa shape index (κ1) is 15.4. The van der Waals surface area contributed by atoms with E-state index in [4.69, 9.17) is 0 Å². The first-order chi connectivity index (χ1) is 9.35. The highest BCUT2D eigenvalue weighted by Gasteiger charge is 2.29. The van der Waals surface area contributed by atoms with Crippen molar-refractivity contribution < 1.29 is 18.0 Å². The van der Waals surface area contributed by atoms with E-state index in [1.54, 1.807) is 16.7 Å². The normalized spacial score (nSPS) is 19.2. The number of anilines is 1. The minimum atomic E-state index is -4.30. The molecule has 0 aliphatic carbocycles. The van der Waals surface area contributed by atoms with E-state index in [-0.39, 0.29) is 28.1 Å². The summed E-state index contributed by atoms with van der Waals surface area (Å²) >= 11 is 1.52. The van der Waals surface area contributed by atoms with Crippen LogP contribution >= 0.6 is 23.5 Å². The monoisotopic (exact) mass is 322 g/mol. The standard InChI is InChI=1S/C12H13F3N2OS2/c1-8-17(6-7-19-8)11(18)16-9-2-4-10(5-3-9)20-12(13,14)15/h2-5,8H,6-7H2,1H3,(H,16,18). The number of halogens is 3. The van der Waals surface area contributed by atoms with Crippen LogP contribution in [0, 0.1) is 0 Å². The van der Waals surface area contributed by atoms with Gasteiger partial charge < -0.3 is 10.2 Å². The summed E-state index contributed by atoms with van der Waals surface area (Å²) < 4.78 is 36.6. The summed E-state index contributed by atoms with van der Waals surface area (Å²) in [5.74, 6) is 0.899. The molecule has 0 spiro atoms. The highest BCUT2D eigenvalue weighted by Crippen LogP contribution is 2.37. The quantitative estimate of drug-likeness (QED) is 0.827. The van der Waals surface area contributed by atoms with Crippen molar-refractivity contribution in [3.8, 4) is 0 Å². The number of nitrogens with zero attached hydrogens (tertiary/aromatic N) is 1. The molecule has 1 atom stereocenters. The van der Waals surface area contributed by atoms with Crippen LogP contribution in [0.3, 0.4) is 0 Å². The number of nitrogens with one attached hydrogen (secondary N) is 1. The van der Waals surface area contributed by atoms with Crippen LogP contribution in [-0.4, -0.2) is 34.1 Å². The van der Waals surface area contributed by atoms with Gasteiger partial charge in [0, 0.05) is 22.9 Å². The Bertz CT molecular complexity index is 479. The van der Waals surface area contributed by atoms with E-state index in [9.17, 15) is 18.0 Å². The molecule has 1 heterocycles. The minimum absolute atomic E-state index is 0.0978. The van der Waals surface area contributed by atoms with E-state index in [1.165, 1.54) is 24.3 Å². The lowest BCUT2D eigenvalue weighted by molar-refractivity contribution is -0.0328. The maximum atomic E-state index is 12.2. The average Bonchev–Trinajstić information content (AvgIpc) is 2.76. The van der Waals surface area contributed by atoms with Crippen LogP contribution in [-0.2, 0) is 0 Å². The van der Waals surface area contributed by atoms with Gasteiger partial charge >= 0.3 is 11.5 Å². The Hall–Kier alpha value is -1.02. The maximum Gasteiger partial charge on any atom is 0.446 e. The molecule has 1 fully saturated rings.